The first-order valence-corrected chi connectivity index (χ1v) is 6.95. The van der Waals surface area contributed by atoms with Crippen LogP contribution in [0.5, 0.6) is 0 Å². The van der Waals surface area contributed by atoms with Gasteiger partial charge in [0.15, 0.2) is 0 Å². The molecule has 0 heterocycles. The Morgan fingerprint density at radius 2 is 1.27 bits per heavy atom. The summed E-state index contributed by atoms with van der Waals surface area (Å²) in [5.41, 5.74) is 2.93. The molecule has 0 unspecified atom stereocenters. The highest BCUT2D eigenvalue weighted by atomic mass is 15.2. The molecule has 22 heavy (non-hydrogen) atoms. The molecule has 3 aromatic carbocycles. The van der Waals surface area contributed by atoms with E-state index < -0.39 is 0 Å². The third-order valence-corrected chi connectivity index (χ3v) is 3.57. The maximum Gasteiger partial charge on any atom is 0.119 e. The monoisotopic (exact) mass is 288 g/mol. The molecule has 4 N–H and O–H groups in total. The summed E-state index contributed by atoms with van der Waals surface area (Å²) in [7, 11) is 0. The number of benzene rings is 3. The van der Waals surface area contributed by atoms with Gasteiger partial charge in [0.2, 0.25) is 0 Å². The van der Waals surface area contributed by atoms with Gasteiger partial charge in [-0.05, 0) is 10.8 Å². The smallest absolute Gasteiger partial charge is 0.119 e. The summed E-state index contributed by atoms with van der Waals surface area (Å²) in [6.45, 7) is 0. The molecule has 0 fully saturated rings. The van der Waals surface area contributed by atoms with Crippen molar-refractivity contribution in [2.45, 2.75) is 0 Å². The number of nitrogens with two attached hydrogens (primary N) is 2. The van der Waals surface area contributed by atoms with E-state index in [0.29, 0.717) is 11.4 Å². The molecule has 0 saturated heterocycles. The standard InChI is InChI=1S/C18H16N4/c19-21-17(14-8-2-1-3-9-14)18(22-20)16-12-6-10-13-7-4-5-11-15(13)16/h1-12H,19-20H2. The Labute approximate surface area is 128 Å². The number of hydrazone groups is 2. The van der Waals surface area contributed by atoms with Crippen LogP contribution in [0.15, 0.2) is 83.0 Å². The van der Waals surface area contributed by atoms with E-state index in [0.717, 1.165) is 21.9 Å². The quantitative estimate of drug-likeness (QED) is 0.441. The number of rotatable bonds is 3. The van der Waals surface area contributed by atoms with E-state index in [9.17, 15) is 0 Å². The average molecular weight is 288 g/mol. The van der Waals surface area contributed by atoms with E-state index in [4.69, 9.17) is 11.7 Å². The fourth-order valence-corrected chi connectivity index (χ4v) is 2.56. The number of nitrogens with zero attached hydrogens (tertiary/aromatic N) is 2. The van der Waals surface area contributed by atoms with Crippen molar-refractivity contribution >= 4 is 22.2 Å². The Bertz CT molecular complexity index is 846. The first-order valence-electron chi connectivity index (χ1n) is 6.95. The van der Waals surface area contributed by atoms with Crippen molar-refractivity contribution in [3.63, 3.8) is 0 Å². The fraction of sp³-hybridized carbons (Fsp3) is 0. The minimum atomic E-state index is 0.569. The number of hydrogen-bond donors (Lipinski definition) is 2. The maximum atomic E-state index is 5.66. The van der Waals surface area contributed by atoms with E-state index >= 15 is 0 Å². The highest BCUT2D eigenvalue weighted by Gasteiger charge is 2.16. The Kier molecular flexibility index (Phi) is 3.83. The van der Waals surface area contributed by atoms with Gasteiger partial charge in [0.25, 0.3) is 0 Å². The van der Waals surface area contributed by atoms with Crippen molar-refractivity contribution < 1.29 is 0 Å². The molecular formula is C18H16N4. The SMILES string of the molecule is NN=C(C(=NN)c1cccc2ccccc12)c1ccccc1. The van der Waals surface area contributed by atoms with E-state index in [2.05, 4.69) is 22.3 Å². The molecule has 0 aromatic heterocycles. The van der Waals surface area contributed by atoms with E-state index in [1.807, 2.05) is 60.7 Å². The molecule has 0 aliphatic rings. The molecule has 0 bridgehead atoms. The van der Waals surface area contributed by atoms with Crippen LogP contribution in [-0.4, -0.2) is 11.4 Å². The van der Waals surface area contributed by atoms with Crippen molar-refractivity contribution in [1.82, 2.24) is 0 Å². The fourth-order valence-electron chi connectivity index (χ4n) is 2.56. The largest absolute Gasteiger partial charge is 0.323 e. The minimum absolute atomic E-state index is 0.569. The van der Waals surface area contributed by atoms with Crippen LogP contribution in [0, 0.1) is 0 Å². The lowest BCUT2D eigenvalue weighted by molar-refractivity contribution is 1.23. The van der Waals surface area contributed by atoms with Gasteiger partial charge < -0.3 is 11.7 Å². The highest BCUT2D eigenvalue weighted by Crippen LogP contribution is 2.21. The Balaban J connectivity index is 2.19. The van der Waals surface area contributed by atoms with Crippen LogP contribution in [0.4, 0.5) is 0 Å². The van der Waals surface area contributed by atoms with Gasteiger partial charge in [-0.2, -0.15) is 10.2 Å². The molecule has 0 atom stereocenters. The summed E-state index contributed by atoms with van der Waals surface area (Å²) in [5, 5.41) is 10.1. The molecule has 0 aliphatic carbocycles. The second-order valence-corrected chi connectivity index (χ2v) is 4.85. The first kappa shape index (κ1) is 13.8. The minimum Gasteiger partial charge on any atom is -0.323 e. The Hall–Kier alpha value is -3.14. The summed E-state index contributed by atoms with van der Waals surface area (Å²) in [6.07, 6.45) is 0. The summed E-state index contributed by atoms with van der Waals surface area (Å²) in [4.78, 5) is 0. The summed E-state index contributed by atoms with van der Waals surface area (Å²) in [5.74, 6) is 11.3. The van der Waals surface area contributed by atoms with Crippen LogP contribution in [0.25, 0.3) is 10.8 Å². The highest BCUT2D eigenvalue weighted by molar-refractivity contribution is 6.54. The van der Waals surface area contributed by atoms with Gasteiger partial charge in [-0.3, -0.25) is 0 Å². The third-order valence-electron chi connectivity index (χ3n) is 3.57. The summed E-state index contributed by atoms with van der Waals surface area (Å²) in [6, 6.07) is 23.7. The van der Waals surface area contributed by atoms with Gasteiger partial charge in [0, 0.05) is 11.1 Å². The van der Waals surface area contributed by atoms with Crippen LogP contribution in [0.1, 0.15) is 11.1 Å². The molecule has 3 rings (SSSR count). The van der Waals surface area contributed by atoms with Gasteiger partial charge >= 0.3 is 0 Å². The molecule has 0 saturated carbocycles. The molecule has 0 spiro atoms. The Morgan fingerprint density at radius 3 is 2.00 bits per heavy atom. The molecule has 0 aliphatic heterocycles. The van der Waals surface area contributed by atoms with E-state index in [1.165, 1.54) is 0 Å². The van der Waals surface area contributed by atoms with Gasteiger partial charge in [0.05, 0.1) is 0 Å². The van der Waals surface area contributed by atoms with Gasteiger partial charge in [0.1, 0.15) is 11.4 Å². The predicted molar refractivity (Wildman–Crippen MR) is 91.8 cm³/mol. The van der Waals surface area contributed by atoms with Crippen LogP contribution < -0.4 is 11.7 Å². The second-order valence-electron chi connectivity index (χ2n) is 4.85. The molecular weight excluding hydrogens is 272 g/mol. The number of hydrogen-bond acceptors (Lipinski definition) is 4. The second kappa shape index (κ2) is 6.10. The normalized spacial score (nSPS) is 12.5. The molecule has 0 radical (unpaired) electrons. The average Bonchev–Trinajstić information content (AvgIpc) is 2.60. The molecule has 3 aromatic rings. The van der Waals surface area contributed by atoms with Crippen LogP contribution in [0.3, 0.4) is 0 Å². The predicted octanol–water partition coefficient (Wildman–Crippen LogP) is 2.87. The van der Waals surface area contributed by atoms with E-state index in [1.54, 1.807) is 0 Å². The summed E-state index contributed by atoms with van der Waals surface area (Å²) >= 11 is 0. The zero-order valence-electron chi connectivity index (χ0n) is 12.0. The van der Waals surface area contributed by atoms with Crippen molar-refractivity contribution in [3.05, 3.63) is 83.9 Å². The van der Waals surface area contributed by atoms with Crippen LogP contribution in [-0.2, 0) is 0 Å². The van der Waals surface area contributed by atoms with Gasteiger partial charge in [-0.15, -0.1) is 0 Å². The molecule has 4 nitrogen and oxygen atoms in total. The first-order chi connectivity index (χ1) is 10.8. The van der Waals surface area contributed by atoms with Crippen LogP contribution >= 0.6 is 0 Å². The van der Waals surface area contributed by atoms with Crippen molar-refractivity contribution in [3.8, 4) is 0 Å². The van der Waals surface area contributed by atoms with Crippen molar-refractivity contribution in [2.24, 2.45) is 21.9 Å². The van der Waals surface area contributed by atoms with Crippen molar-refractivity contribution in [1.29, 1.82) is 0 Å². The van der Waals surface area contributed by atoms with Crippen LogP contribution in [0.2, 0.25) is 0 Å². The van der Waals surface area contributed by atoms with E-state index in [-0.39, 0.29) is 0 Å². The van der Waals surface area contributed by atoms with Gasteiger partial charge in [-0.1, -0.05) is 72.8 Å². The molecule has 108 valence electrons. The lowest BCUT2D eigenvalue weighted by atomic mass is 9.95. The molecule has 0 amide bonds. The topological polar surface area (TPSA) is 76.8 Å². The zero-order valence-corrected chi connectivity index (χ0v) is 12.0. The maximum absolute atomic E-state index is 5.66. The lowest BCUT2D eigenvalue weighted by Gasteiger charge is -2.11. The number of fused-ring (bicyclic) bond motifs is 1. The summed E-state index contributed by atoms with van der Waals surface area (Å²) < 4.78 is 0. The molecule has 4 heteroatoms. The third kappa shape index (κ3) is 2.42. The van der Waals surface area contributed by atoms with Crippen molar-refractivity contribution in [2.75, 3.05) is 0 Å². The zero-order chi connectivity index (χ0) is 15.4. The van der Waals surface area contributed by atoms with Gasteiger partial charge in [-0.25, -0.2) is 0 Å². The Morgan fingerprint density at radius 1 is 0.636 bits per heavy atom. The lowest BCUT2D eigenvalue weighted by Crippen LogP contribution is -2.21.